The van der Waals surface area contributed by atoms with Crippen molar-refractivity contribution in [3.8, 4) is 5.69 Å². The van der Waals surface area contributed by atoms with Gasteiger partial charge in [0.25, 0.3) is 5.91 Å². The first-order chi connectivity index (χ1) is 13.9. The average molecular weight is 441 g/mol. The number of hydrogen-bond acceptors (Lipinski definition) is 4. The minimum absolute atomic E-state index is 0.0171. The van der Waals surface area contributed by atoms with Gasteiger partial charge in [-0.25, -0.2) is 17.5 Å². The third kappa shape index (κ3) is 4.35. The first-order valence-corrected chi connectivity index (χ1v) is 10.3. The quantitative estimate of drug-likeness (QED) is 0.490. The van der Waals surface area contributed by atoms with E-state index >= 15 is 0 Å². The minimum Gasteiger partial charge on any atom is -0.319 e. The Labute approximate surface area is 169 Å². The fraction of sp³-hybridized carbons (Fsp3) is 0.158. The van der Waals surface area contributed by atoms with Crippen LogP contribution in [0.15, 0.2) is 53.6 Å². The van der Waals surface area contributed by atoms with Crippen LogP contribution in [0.25, 0.3) is 5.69 Å². The Balaban J connectivity index is 1.93. The fourth-order valence-corrected chi connectivity index (χ4v) is 3.37. The summed E-state index contributed by atoms with van der Waals surface area (Å²) in [5, 5.41) is 6.22. The highest BCUT2D eigenvalue weighted by Crippen LogP contribution is 2.30. The van der Waals surface area contributed by atoms with Crippen molar-refractivity contribution in [1.82, 2.24) is 9.78 Å². The number of benzene rings is 2. The Morgan fingerprint density at radius 2 is 1.83 bits per heavy atom. The van der Waals surface area contributed by atoms with Crippen molar-refractivity contribution >= 4 is 21.4 Å². The number of carbonyl (C=O) groups excluding carboxylic acids is 1. The second-order valence-corrected chi connectivity index (χ2v) is 8.49. The van der Waals surface area contributed by atoms with Crippen LogP contribution in [0.1, 0.15) is 21.6 Å². The molecule has 11 heteroatoms. The van der Waals surface area contributed by atoms with Gasteiger partial charge in [-0.3, -0.25) is 4.79 Å². The highest BCUT2D eigenvalue weighted by Gasteiger charge is 2.30. The Hall–Kier alpha value is -3.21. The number of aromatic nitrogens is 2. The summed E-state index contributed by atoms with van der Waals surface area (Å²) in [5.74, 6) is -1.64. The number of nitrogens with one attached hydrogen (secondary N) is 1. The zero-order valence-corrected chi connectivity index (χ0v) is 16.5. The van der Waals surface area contributed by atoms with E-state index in [4.69, 9.17) is 0 Å². The molecule has 2 aromatic carbocycles. The second-order valence-electron chi connectivity index (χ2n) is 6.47. The standard InChI is InChI=1S/C19H15F4N3O3S/c1-11-15(10-24-26(11)13-5-3-4-12(8-13)19(21,22)23)18(27)25-17-9-14(30(2,28)29)6-7-16(17)20/h3-10H,1-2H3,(H,25,27). The van der Waals surface area contributed by atoms with Gasteiger partial charge in [-0.2, -0.15) is 18.3 Å². The monoisotopic (exact) mass is 441 g/mol. The Morgan fingerprint density at radius 1 is 1.13 bits per heavy atom. The summed E-state index contributed by atoms with van der Waals surface area (Å²) in [4.78, 5) is 12.4. The van der Waals surface area contributed by atoms with Gasteiger partial charge in [0, 0.05) is 6.26 Å². The number of halogens is 4. The van der Waals surface area contributed by atoms with Gasteiger partial charge in [0.05, 0.1) is 39.3 Å². The molecule has 30 heavy (non-hydrogen) atoms. The van der Waals surface area contributed by atoms with Crippen LogP contribution >= 0.6 is 0 Å². The van der Waals surface area contributed by atoms with Crippen molar-refractivity contribution < 1.29 is 30.8 Å². The third-order valence-electron chi connectivity index (χ3n) is 4.29. The van der Waals surface area contributed by atoms with E-state index in [1.54, 1.807) is 0 Å². The lowest BCUT2D eigenvalue weighted by Gasteiger charge is -2.11. The van der Waals surface area contributed by atoms with E-state index in [1.165, 1.54) is 19.1 Å². The Kier molecular flexibility index (Phi) is 5.42. The number of carbonyl (C=O) groups is 1. The normalized spacial score (nSPS) is 12.1. The second kappa shape index (κ2) is 7.56. The molecule has 1 amide bonds. The van der Waals surface area contributed by atoms with Gasteiger partial charge in [0.1, 0.15) is 5.82 Å². The van der Waals surface area contributed by atoms with Crippen molar-refractivity contribution in [2.45, 2.75) is 18.0 Å². The molecule has 0 aliphatic carbocycles. The van der Waals surface area contributed by atoms with Crippen LogP contribution < -0.4 is 5.32 Å². The van der Waals surface area contributed by atoms with Gasteiger partial charge in [-0.1, -0.05) is 6.07 Å². The van der Waals surface area contributed by atoms with Crippen LogP contribution in [-0.2, 0) is 16.0 Å². The predicted octanol–water partition coefficient (Wildman–Crippen LogP) is 3.99. The number of amides is 1. The van der Waals surface area contributed by atoms with E-state index in [9.17, 15) is 30.8 Å². The molecule has 0 saturated heterocycles. The lowest BCUT2D eigenvalue weighted by Crippen LogP contribution is -2.15. The van der Waals surface area contributed by atoms with Gasteiger partial charge in [0.15, 0.2) is 9.84 Å². The Morgan fingerprint density at radius 3 is 2.47 bits per heavy atom. The molecule has 1 N–H and O–H groups in total. The van der Waals surface area contributed by atoms with Crippen molar-refractivity contribution in [1.29, 1.82) is 0 Å². The SMILES string of the molecule is Cc1c(C(=O)Nc2cc(S(C)(=O)=O)ccc2F)cnn1-c1cccc(C(F)(F)F)c1. The van der Waals surface area contributed by atoms with E-state index in [0.717, 1.165) is 47.5 Å². The molecule has 0 fully saturated rings. The molecular weight excluding hydrogens is 426 g/mol. The zero-order chi connectivity index (χ0) is 22.3. The van der Waals surface area contributed by atoms with Crippen molar-refractivity contribution in [2.24, 2.45) is 0 Å². The Bertz CT molecular complexity index is 1230. The smallest absolute Gasteiger partial charge is 0.319 e. The molecule has 3 rings (SSSR count). The van der Waals surface area contributed by atoms with Crippen LogP contribution in [0.5, 0.6) is 0 Å². The summed E-state index contributed by atoms with van der Waals surface area (Å²) < 4.78 is 77.3. The summed E-state index contributed by atoms with van der Waals surface area (Å²) in [6.45, 7) is 1.46. The number of nitrogens with zero attached hydrogens (tertiary/aromatic N) is 2. The third-order valence-corrected chi connectivity index (χ3v) is 5.40. The van der Waals surface area contributed by atoms with Gasteiger partial charge in [-0.05, 0) is 43.3 Å². The van der Waals surface area contributed by atoms with Crippen LogP contribution in [0.2, 0.25) is 0 Å². The highest BCUT2D eigenvalue weighted by atomic mass is 32.2. The topological polar surface area (TPSA) is 81.1 Å². The molecular formula is C19H15F4N3O3S. The maximum Gasteiger partial charge on any atom is 0.416 e. The average Bonchev–Trinajstić information content (AvgIpc) is 3.03. The first kappa shape index (κ1) is 21.5. The lowest BCUT2D eigenvalue weighted by molar-refractivity contribution is -0.137. The van der Waals surface area contributed by atoms with E-state index in [1.807, 2.05) is 0 Å². The van der Waals surface area contributed by atoms with Crippen molar-refractivity contribution in [2.75, 3.05) is 11.6 Å². The van der Waals surface area contributed by atoms with Gasteiger partial charge >= 0.3 is 6.18 Å². The number of alkyl halides is 3. The number of rotatable bonds is 4. The molecule has 6 nitrogen and oxygen atoms in total. The van der Waals surface area contributed by atoms with Crippen LogP contribution in [-0.4, -0.2) is 30.4 Å². The molecule has 0 spiro atoms. The summed E-state index contributed by atoms with van der Waals surface area (Å²) in [6.07, 6.45) is -2.47. The molecule has 0 unspecified atom stereocenters. The van der Waals surface area contributed by atoms with Gasteiger partial charge < -0.3 is 5.32 Å². The van der Waals surface area contributed by atoms with Gasteiger partial charge in [-0.15, -0.1) is 0 Å². The van der Waals surface area contributed by atoms with Crippen LogP contribution in [0, 0.1) is 12.7 Å². The molecule has 0 radical (unpaired) electrons. The van der Waals surface area contributed by atoms with Crippen LogP contribution in [0.4, 0.5) is 23.2 Å². The van der Waals surface area contributed by atoms with Crippen molar-refractivity contribution in [3.05, 3.63) is 71.3 Å². The van der Waals surface area contributed by atoms with E-state index in [-0.39, 0.29) is 27.5 Å². The number of sulfone groups is 1. The molecule has 0 aliphatic rings. The largest absolute Gasteiger partial charge is 0.416 e. The molecule has 0 atom stereocenters. The maximum absolute atomic E-state index is 14.0. The maximum atomic E-state index is 14.0. The molecule has 1 heterocycles. The van der Waals surface area contributed by atoms with E-state index in [0.29, 0.717) is 0 Å². The summed E-state index contributed by atoms with van der Waals surface area (Å²) in [7, 11) is -3.63. The molecule has 0 aliphatic heterocycles. The van der Waals surface area contributed by atoms with E-state index < -0.39 is 33.3 Å². The molecule has 3 aromatic rings. The van der Waals surface area contributed by atoms with Crippen LogP contribution in [0.3, 0.4) is 0 Å². The first-order valence-electron chi connectivity index (χ1n) is 8.41. The summed E-state index contributed by atoms with van der Waals surface area (Å²) >= 11 is 0. The fourth-order valence-electron chi connectivity index (χ4n) is 2.73. The summed E-state index contributed by atoms with van der Waals surface area (Å²) in [6, 6.07) is 7.36. The highest BCUT2D eigenvalue weighted by molar-refractivity contribution is 7.90. The predicted molar refractivity (Wildman–Crippen MR) is 101 cm³/mol. The minimum atomic E-state index is -4.54. The molecule has 0 saturated carbocycles. The van der Waals surface area contributed by atoms with Crippen molar-refractivity contribution in [3.63, 3.8) is 0 Å². The number of hydrogen-bond donors (Lipinski definition) is 1. The summed E-state index contributed by atoms with van der Waals surface area (Å²) in [5.41, 5.74) is -0.940. The van der Waals surface area contributed by atoms with E-state index in [2.05, 4.69) is 10.4 Å². The zero-order valence-electron chi connectivity index (χ0n) is 15.7. The molecule has 1 aromatic heterocycles. The molecule has 0 bridgehead atoms. The van der Waals surface area contributed by atoms with Gasteiger partial charge in [0.2, 0.25) is 0 Å². The number of anilines is 1. The lowest BCUT2D eigenvalue weighted by atomic mass is 10.2. The molecule has 158 valence electrons.